The van der Waals surface area contributed by atoms with Crippen molar-refractivity contribution in [1.82, 2.24) is 10.0 Å². The monoisotopic (exact) mass is 298 g/mol. The van der Waals surface area contributed by atoms with E-state index in [1.807, 2.05) is 0 Å². The van der Waals surface area contributed by atoms with E-state index in [4.69, 9.17) is 4.74 Å². The minimum Gasteiger partial charge on any atom is -0.377 e. The van der Waals surface area contributed by atoms with Crippen molar-refractivity contribution in [3.8, 4) is 0 Å². The molecular weight excluding hydrogens is 276 g/mol. The van der Waals surface area contributed by atoms with Crippen LogP contribution >= 0.6 is 12.4 Å². The fourth-order valence-electron chi connectivity index (χ4n) is 2.43. The molecule has 0 bridgehead atoms. The molecule has 2 heterocycles. The summed E-state index contributed by atoms with van der Waals surface area (Å²) in [6.07, 6.45) is 4.65. The first-order chi connectivity index (χ1) is 8.16. The van der Waals surface area contributed by atoms with E-state index in [-0.39, 0.29) is 30.3 Å². The van der Waals surface area contributed by atoms with Gasteiger partial charge < -0.3 is 10.1 Å². The summed E-state index contributed by atoms with van der Waals surface area (Å²) in [5.74, 6) is 0.122. The summed E-state index contributed by atoms with van der Waals surface area (Å²) in [6, 6.07) is 0.102. The molecule has 1 unspecified atom stereocenters. The molecule has 18 heavy (non-hydrogen) atoms. The minimum absolute atomic E-state index is 0. The summed E-state index contributed by atoms with van der Waals surface area (Å²) in [5.41, 5.74) is 0. The van der Waals surface area contributed by atoms with Crippen LogP contribution in [0.25, 0.3) is 0 Å². The lowest BCUT2D eigenvalue weighted by Gasteiger charge is -2.26. The van der Waals surface area contributed by atoms with E-state index in [1.165, 1.54) is 0 Å². The van der Waals surface area contributed by atoms with Gasteiger partial charge in [-0.1, -0.05) is 0 Å². The van der Waals surface area contributed by atoms with Crippen LogP contribution in [0.2, 0.25) is 0 Å². The lowest BCUT2D eigenvalue weighted by Crippen LogP contribution is -2.45. The first-order valence-electron chi connectivity index (χ1n) is 6.48. The third kappa shape index (κ3) is 5.40. The van der Waals surface area contributed by atoms with Crippen LogP contribution in [0.15, 0.2) is 0 Å². The minimum atomic E-state index is -3.18. The molecule has 0 saturated carbocycles. The molecule has 5 nitrogen and oxygen atoms in total. The van der Waals surface area contributed by atoms with E-state index in [2.05, 4.69) is 10.0 Å². The SMILES string of the molecule is Cl.O=S(=O)(CC1CCCCO1)NC1CCNCC1. The largest absolute Gasteiger partial charge is 0.377 e. The number of ether oxygens (including phenoxy) is 1. The van der Waals surface area contributed by atoms with Crippen molar-refractivity contribution in [2.24, 2.45) is 0 Å². The Hall–Kier alpha value is 0.120. The highest BCUT2D eigenvalue weighted by Crippen LogP contribution is 2.14. The molecule has 0 radical (unpaired) electrons. The highest BCUT2D eigenvalue weighted by molar-refractivity contribution is 7.89. The number of nitrogens with one attached hydrogen (secondary N) is 2. The van der Waals surface area contributed by atoms with Gasteiger partial charge in [0, 0.05) is 12.6 Å². The molecule has 0 aliphatic carbocycles. The molecule has 2 aliphatic rings. The molecule has 108 valence electrons. The van der Waals surface area contributed by atoms with Crippen LogP contribution < -0.4 is 10.0 Å². The van der Waals surface area contributed by atoms with Gasteiger partial charge in [-0.25, -0.2) is 13.1 Å². The number of sulfonamides is 1. The lowest BCUT2D eigenvalue weighted by atomic mass is 10.1. The van der Waals surface area contributed by atoms with Gasteiger partial charge in [-0.15, -0.1) is 12.4 Å². The summed E-state index contributed by atoms with van der Waals surface area (Å²) >= 11 is 0. The third-order valence-electron chi connectivity index (χ3n) is 3.36. The zero-order valence-corrected chi connectivity index (χ0v) is 12.2. The fourth-order valence-corrected chi connectivity index (χ4v) is 4.02. The van der Waals surface area contributed by atoms with Crippen molar-refractivity contribution < 1.29 is 13.2 Å². The molecule has 2 rings (SSSR count). The Morgan fingerprint density at radius 2 is 1.89 bits per heavy atom. The van der Waals surface area contributed by atoms with Gasteiger partial charge >= 0.3 is 0 Å². The molecule has 2 aliphatic heterocycles. The van der Waals surface area contributed by atoms with Gasteiger partial charge in [0.05, 0.1) is 11.9 Å². The van der Waals surface area contributed by atoms with Crippen LogP contribution in [0.1, 0.15) is 32.1 Å². The third-order valence-corrected chi connectivity index (χ3v) is 4.87. The average molecular weight is 299 g/mol. The predicted molar refractivity (Wildman–Crippen MR) is 73.7 cm³/mol. The highest BCUT2D eigenvalue weighted by Gasteiger charge is 2.25. The van der Waals surface area contributed by atoms with Gasteiger partial charge in [0.2, 0.25) is 10.0 Å². The van der Waals surface area contributed by atoms with Crippen molar-refractivity contribution in [1.29, 1.82) is 0 Å². The second-order valence-electron chi connectivity index (χ2n) is 4.91. The maximum Gasteiger partial charge on any atom is 0.214 e. The van der Waals surface area contributed by atoms with Crippen LogP contribution in [-0.4, -0.2) is 46.0 Å². The van der Waals surface area contributed by atoms with Crippen LogP contribution in [-0.2, 0) is 14.8 Å². The molecule has 0 amide bonds. The van der Waals surface area contributed by atoms with Gasteiger partial charge in [-0.05, 0) is 45.2 Å². The molecule has 2 fully saturated rings. The topological polar surface area (TPSA) is 67.4 Å². The smallest absolute Gasteiger partial charge is 0.214 e. The van der Waals surface area contributed by atoms with Gasteiger partial charge in [0.15, 0.2) is 0 Å². The molecule has 0 aromatic carbocycles. The molecule has 1 atom stereocenters. The van der Waals surface area contributed by atoms with Gasteiger partial charge in [-0.2, -0.15) is 0 Å². The van der Waals surface area contributed by atoms with E-state index in [1.54, 1.807) is 0 Å². The van der Waals surface area contributed by atoms with E-state index in [0.717, 1.165) is 45.2 Å². The standard InChI is InChI=1S/C11H22N2O3S.ClH/c14-17(15,9-11-3-1-2-8-16-11)13-10-4-6-12-7-5-10;/h10-13H,1-9H2;1H. The summed E-state index contributed by atoms with van der Waals surface area (Å²) < 4.78 is 32.2. The second-order valence-corrected chi connectivity index (χ2v) is 6.71. The quantitative estimate of drug-likeness (QED) is 0.800. The van der Waals surface area contributed by atoms with Gasteiger partial charge in [0.1, 0.15) is 0 Å². The summed E-state index contributed by atoms with van der Waals surface area (Å²) in [5, 5.41) is 3.22. The molecule has 0 spiro atoms. The maximum atomic E-state index is 12.0. The van der Waals surface area contributed by atoms with Crippen LogP contribution in [0.3, 0.4) is 0 Å². The normalized spacial score (nSPS) is 26.6. The first-order valence-corrected chi connectivity index (χ1v) is 8.13. The Morgan fingerprint density at radius 1 is 1.17 bits per heavy atom. The zero-order valence-electron chi connectivity index (χ0n) is 10.6. The van der Waals surface area contributed by atoms with Gasteiger partial charge in [-0.3, -0.25) is 0 Å². The van der Waals surface area contributed by atoms with E-state index < -0.39 is 10.0 Å². The second kappa shape index (κ2) is 7.65. The molecular formula is C11H23ClN2O3S. The van der Waals surface area contributed by atoms with E-state index in [9.17, 15) is 8.42 Å². The molecule has 2 N–H and O–H groups in total. The Balaban J connectivity index is 0.00000162. The van der Waals surface area contributed by atoms with E-state index in [0.29, 0.717) is 6.61 Å². The highest BCUT2D eigenvalue weighted by atomic mass is 35.5. The summed E-state index contributed by atoms with van der Waals surface area (Å²) in [6.45, 7) is 2.49. The number of hydrogen-bond donors (Lipinski definition) is 2. The maximum absolute atomic E-state index is 12.0. The predicted octanol–water partition coefficient (Wildman–Crippen LogP) is 0.649. The van der Waals surface area contributed by atoms with Crippen molar-refractivity contribution in [3.05, 3.63) is 0 Å². The molecule has 0 aromatic rings. The number of halogens is 1. The van der Waals surface area contributed by atoms with Crippen molar-refractivity contribution in [2.75, 3.05) is 25.4 Å². The van der Waals surface area contributed by atoms with Crippen molar-refractivity contribution >= 4 is 22.4 Å². The first kappa shape index (κ1) is 16.2. The van der Waals surface area contributed by atoms with Crippen molar-refractivity contribution in [2.45, 2.75) is 44.2 Å². The Kier molecular flexibility index (Phi) is 6.87. The molecule has 7 heteroatoms. The molecule has 0 aromatic heterocycles. The summed E-state index contributed by atoms with van der Waals surface area (Å²) in [4.78, 5) is 0. The zero-order chi connectivity index (χ0) is 12.1. The Morgan fingerprint density at radius 3 is 2.50 bits per heavy atom. The van der Waals surface area contributed by atoms with E-state index >= 15 is 0 Å². The van der Waals surface area contributed by atoms with Crippen molar-refractivity contribution in [3.63, 3.8) is 0 Å². The van der Waals surface area contributed by atoms with Crippen LogP contribution in [0.5, 0.6) is 0 Å². The molecule has 2 saturated heterocycles. The number of rotatable bonds is 4. The number of piperidine rings is 1. The average Bonchev–Trinajstić information content (AvgIpc) is 2.30. The van der Waals surface area contributed by atoms with Gasteiger partial charge in [0.25, 0.3) is 0 Å². The van der Waals surface area contributed by atoms with Crippen LogP contribution in [0.4, 0.5) is 0 Å². The fraction of sp³-hybridized carbons (Fsp3) is 1.00. The van der Waals surface area contributed by atoms with Crippen LogP contribution in [0, 0.1) is 0 Å². The summed E-state index contributed by atoms with van der Waals surface area (Å²) in [7, 11) is -3.18. The Labute approximate surface area is 116 Å². The lowest BCUT2D eigenvalue weighted by molar-refractivity contribution is 0.0303. The Bertz CT molecular complexity index is 299. The number of hydrogen-bond acceptors (Lipinski definition) is 4.